The smallest absolute Gasteiger partial charge is 0.481 e. The minimum atomic E-state index is -2.43. The van der Waals surface area contributed by atoms with Crippen LogP contribution in [0, 0.1) is 0 Å². The highest BCUT2D eigenvalue weighted by molar-refractivity contribution is 7.38. The standard InChI is InChI=1S/C4H7O5P/c5-3(1-4(6)7)2-10(8)9/h3,5H,1-2H2,(H-,6,7,8,9)/p+1. The highest BCUT2D eigenvalue weighted by Gasteiger charge is 2.20. The summed E-state index contributed by atoms with van der Waals surface area (Å²) in [7, 11) is -2.43. The largest absolute Gasteiger partial charge is 0.508 e. The van der Waals surface area contributed by atoms with E-state index in [0.717, 1.165) is 0 Å². The Balaban J connectivity index is 3.53. The molecule has 0 spiro atoms. The van der Waals surface area contributed by atoms with Crippen molar-refractivity contribution in [2.45, 2.75) is 12.5 Å². The fraction of sp³-hybridized carbons (Fsp3) is 0.750. The Labute approximate surface area is 58.2 Å². The summed E-state index contributed by atoms with van der Waals surface area (Å²) in [4.78, 5) is 18.0. The van der Waals surface area contributed by atoms with Crippen molar-refractivity contribution < 1.29 is 24.5 Å². The molecule has 5 nitrogen and oxygen atoms in total. The number of carboxylic acids is 1. The van der Waals surface area contributed by atoms with Gasteiger partial charge in [-0.3, -0.25) is 4.79 Å². The van der Waals surface area contributed by atoms with Crippen molar-refractivity contribution in [3.63, 3.8) is 0 Å². The number of rotatable bonds is 4. The molecule has 3 N–H and O–H groups in total. The summed E-state index contributed by atoms with van der Waals surface area (Å²) in [5.74, 6) is -1.18. The van der Waals surface area contributed by atoms with Crippen molar-refractivity contribution in [1.82, 2.24) is 0 Å². The molecule has 0 saturated carbocycles. The number of hydrogen-bond acceptors (Lipinski definition) is 3. The third-order valence-electron chi connectivity index (χ3n) is 0.777. The highest BCUT2D eigenvalue weighted by atomic mass is 31.1. The Morgan fingerprint density at radius 3 is 2.40 bits per heavy atom. The van der Waals surface area contributed by atoms with Crippen LogP contribution < -0.4 is 0 Å². The molecule has 0 fully saturated rings. The van der Waals surface area contributed by atoms with Crippen LogP contribution in [0.15, 0.2) is 0 Å². The van der Waals surface area contributed by atoms with Crippen molar-refractivity contribution in [3.05, 3.63) is 0 Å². The van der Waals surface area contributed by atoms with E-state index in [0.29, 0.717) is 0 Å². The summed E-state index contributed by atoms with van der Waals surface area (Å²) < 4.78 is 9.99. The quantitative estimate of drug-likeness (QED) is 0.493. The first-order valence-electron chi connectivity index (χ1n) is 2.55. The summed E-state index contributed by atoms with van der Waals surface area (Å²) in [6.45, 7) is 0. The van der Waals surface area contributed by atoms with Gasteiger partial charge in [-0.2, -0.15) is 4.89 Å². The van der Waals surface area contributed by atoms with Gasteiger partial charge in [0.2, 0.25) is 6.16 Å². The third kappa shape index (κ3) is 5.62. The maximum Gasteiger partial charge on any atom is 0.508 e. The lowest BCUT2D eigenvalue weighted by Gasteiger charge is -1.96. The second kappa shape index (κ2) is 4.33. The van der Waals surface area contributed by atoms with Crippen molar-refractivity contribution in [2.75, 3.05) is 6.16 Å². The highest BCUT2D eigenvalue weighted by Crippen LogP contribution is 2.15. The van der Waals surface area contributed by atoms with E-state index in [-0.39, 0.29) is 6.16 Å². The second-order valence-electron chi connectivity index (χ2n) is 1.79. The molecule has 0 rings (SSSR count). The van der Waals surface area contributed by atoms with Crippen LogP contribution in [0.4, 0.5) is 0 Å². The fourth-order valence-electron chi connectivity index (χ4n) is 0.446. The summed E-state index contributed by atoms with van der Waals surface area (Å²) in [5.41, 5.74) is 0. The maximum absolute atomic E-state index is 9.99. The van der Waals surface area contributed by atoms with Gasteiger partial charge < -0.3 is 10.2 Å². The van der Waals surface area contributed by atoms with Crippen LogP contribution in [0.1, 0.15) is 6.42 Å². The van der Waals surface area contributed by atoms with Gasteiger partial charge in [-0.05, 0) is 4.57 Å². The lowest BCUT2D eigenvalue weighted by atomic mass is 10.3. The third-order valence-corrected chi connectivity index (χ3v) is 1.51. The SMILES string of the molecule is O=C(O)CC(O)C[P+](=O)O. The molecule has 6 heteroatoms. The zero-order valence-corrected chi connectivity index (χ0v) is 5.99. The van der Waals surface area contributed by atoms with Crippen LogP contribution in [-0.2, 0) is 9.36 Å². The minimum absolute atomic E-state index is 0.373. The molecular formula is C4H8O5P+. The lowest BCUT2D eigenvalue weighted by molar-refractivity contribution is -0.138. The van der Waals surface area contributed by atoms with E-state index in [2.05, 4.69) is 0 Å². The monoisotopic (exact) mass is 167 g/mol. The molecule has 0 aliphatic carbocycles. The fourth-order valence-corrected chi connectivity index (χ4v) is 0.936. The Hall–Kier alpha value is -0.510. The lowest BCUT2D eigenvalue weighted by Crippen LogP contribution is -2.15. The first-order chi connectivity index (χ1) is 4.52. The Bertz CT molecular complexity index is 129. The van der Waals surface area contributed by atoms with Crippen molar-refractivity contribution >= 4 is 14.0 Å². The van der Waals surface area contributed by atoms with Crippen molar-refractivity contribution in [1.29, 1.82) is 0 Å². The summed E-state index contributed by atoms with van der Waals surface area (Å²) in [6.07, 6.45) is -2.07. The number of aliphatic carboxylic acids is 1. The molecule has 0 bridgehead atoms. The average molecular weight is 167 g/mol. The number of aliphatic hydroxyl groups is 1. The molecule has 0 heterocycles. The zero-order valence-electron chi connectivity index (χ0n) is 5.10. The van der Waals surface area contributed by atoms with E-state index in [1.807, 2.05) is 0 Å². The van der Waals surface area contributed by atoms with E-state index in [1.165, 1.54) is 0 Å². The molecule has 10 heavy (non-hydrogen) atoms. The zero-order chi connectivity index (χ0) is 8.15. The van der Waals surface area contributed by atoms with Crippen LogP contribution >= 0.6 is 8.03 Å². The Morgan fingerprint density at radius 2 is 2.10 bits per heavy atom. The molecule has 0 aromatic heterocycles. The van der Waals surface area contributed by atoms with Crippen LogP contribution in [0.25, 0.3) is 0 Å². The second-order valence-corrected chi connectivity index (χ2v) is 2.86. The van der Waals surface area contributed by atoms with Gasteiger partial charge in [0.05, 0.1) is 6.42 Å². The first-order valence-corrected chi connectivity index (χ1v) is 3.95. The van der Waals surface area contributed by atoms with Gasteiger partial charge in [-0.1, -0.05) is 0 Å². The van der Waals surface area contributed by atoms with E-state index < -0.39 is 26.5 Å². The van der Waals surface area contributed by atoms with Gasteiger partial charge in [0.15, 0.2) is 0 Å². The molecule has 0 aromatic rings. The minimum Gasteiger partial charge on any atom is -0.481 e. The molecule has 2 unspecified atom stereocenters. The molecule has 0 amide bonds. The van der Waals surface area contributed by atoms with E-state index in [9.17, 15) is 9.36 Å². The van der Waals surface area contributed by atoms with Gasteiger partial charge in [-0.15, -0.1) is 0 Å². The summed E-state index contributed by atoms with van der Waals surface area (Å²) >= 11 is 0. The number of carboxylic acid groups (broad SMARTS) is 1. The van der Waals surface area contributed by atoms with Crippen LogP contribution in [-0.4, -0.2) is 33.3 Å². The van der Waals surface area contributed by atoms with Crippen molar-refractivity contribution in [2.24, 2.45) is 0 Å². The Morgan fingerprint density at radius 1 is 1.60 bits per heavy atom. The summed E-state index contributed by atoms with van der Waals surface area (Å²) in [5, 5.41) is 16.7. The van der Waals surface area contributed by atoms with E-state index in [4.69, 9.17) is 15.1 Å². The maximum atomic E-state index is 9.99. The number of aliphatic hydroxyl groups excluding tert-OH is 1. The number of carbonyl (C=O) groups is 1. The normalized spacial score (nSPS) is 14.4. The summed E-state index contributed by atoms with van der Waals surface area (Å²) in [6, 6.07) is 0. The van der Waals surface area contributed by atoms with Crippen molar-refractivity contribution in [3.8, 4) is 0 Å². The van der Waals surface area contributed by atoms with Crippen LogP contribution in [0.5, 0.6) is 0 Å². The van der Waals surface area contributed by atoms with E-state index >= 15 is 0 Å². The number of hydrogen-bond donors (Lipinski definition) is 3. The predicted molar refractivity (Wildman–Crippen MR) is 33.0 cm³/mol. The van der Waals surface area contributed by atoms with Gasteiger partial charge >= 0.3 is 14.0 Å². The molecular weight excluding hydrogens is 159 g/mol. The molecule has 0 aromatic carbocycles. The molecule has 0 aliphatic heterocycles. The average Bonchev–Trinajstić information content (AvgIpc) is 1.58. The van der Waals surface area contributed by atoms with E-state index in [1.54, 1.807) is 0 Å². The molecule has 2 atom stereocenters. The Kier molecular flexibility index (Phi) is 4.11. The molecule has 0 saturated heterocycles. The van der Waals surface area contributed by atoms with Crippen LogP contribution in [0.2, 0.25) is 0 Å². The van der Waals surface area contributed by atoms with Crippen LogP contribution in [0.3, 0.4) is 0 Å². The molecule has 58 valence electrons. The van der Waals surface area contributed by atoms with Gasteiger partial charge in [0.25, 0.3) is 0 Å². The molecule has 0 radical (unpaired) electrons. The van der Waals surface area contributed by atoms with Gasteiger partial charge in [-0.25, -0.2) is 0 Å². The first kappa shape index (κ1) is 9.49. The molecule has 0 aliphatic rings. The van der Waals surface area contributed by atoms with Gasteiger partial charge in [0.1, 0.15) is 6.10 Å². The predicted octanol–water partition coefficient (Wildman–Crippen LogP) is -0.443. The topological polar surface area (TPSA) is 94.8 Å². The van der Waals surface area contributed by atoms with Gasteiger partial charge in [0, 0.05) is 0 Å².